The van der Waals surface area contributed by atoms with Crippen molar-refractivity contribution >= 4 is 11.8 Å². The Bertz CT molecular complexity index is 163. The van der Waals surface area contributed by atoms with Crippen LogP contribution < -0.4 is 0 Å². The van der Waals surface area contributed by atoms with E-state index in [0.29, 0.717) is 19.4 Å². The lowest BCUT2D eigenvalue weighted by atomic mass is 10.0. The van der Waals surface area contributed by atoms with Crippen LogP contribution in [0.5, 0.6) is 0 Å². The van der Waals surface area contributed by atoms with Gasteiger partial charge >= 0.3 is 5.97 Å². The van der Waals surface area contributed by atoms with Crippen LogP contribution in [0.4, 0.5) is 0 Å². The van der Waals surface area contributed by atoms with Gasteiger partial charge in [-0.2, -0.15) is 0 Å². The molecular weight excluding hydrogens is 156 g/mol. The molecule has 0 aliphatic carbocycles. The largest absolute Gasteiger partial charge is 0.466 e. The van der Waals surface area contributed by atoms with Crippen LogP contribution in [0.2, 0.25) is 0 Å². The molecule has 1 unspecified atom stereocenters. The highest BCUT2D eigenvalue weighted by Crippen LogP contribution is 2.06. The monoisotopic (exact) mass is 172 g/mol. The van der Waals surface area contributed by atoms with Crippen LogP contribution in [0.25, 0.3) is 0 Å². The van der Waals surface area contributed by atoms with Gasteiger partial charge in [-0.15, -0.1) is 0 Å². The van der Waals surface area contributed by atoms with Gasteiger partial charge in [0.05, 0.1) is 12.5 Å². The van der Waals surface area contributed by atoms with Gasteiger partial charge in [0, 0.05) is 12.8 Å². The van der Waals surface area contributed by atoms with E-state index >= 15 is 0 Å². The number of hydrogen-bond acceptors (Lipinski definition) is 3. The third kappa shape index (κ3) is 4.11. The molecule has 0 aliphatic rings. The highest BCUT2D eigenvalue weighted by molar-refractivity contribution is 5.83. The smallest absolute Gasteiger partial charge is 0.309 e. The lowest BCUT2D eigenvalue weighted by Gasteiger charge is -2.08. The molecule has 0 N–H and O–H groups in total. The van der Waals surface area contributed by atoms with Crippen molar-refractivity contribution in [1.29, 1.82) is 0 Å². The first kappa shape index (κ1) is 11.1. The molecule has 0 amide bonds. The number of rotatable bonds is 5. The number of ketones is 1. The van der Waals surface area contributed by atoms with Crippen LogP contribution in [-0.4, -0.2) is 18.4 Å². The molecule has 3 heteroatoms. The van der Waals surface area contributed by atoms with Crippen molar-refractivity contribution in [3.05, 3.63) is 0 Å². The SMILES string of the molecule is CCOC(=O)C(C)CC(=O)CC. The van der Waals surface area contributed by atoms with Crippen molar-refractivity contribution in [1.82, 2.24) is 0 Å². The fourth-order valence-corrected chi connectivity index (χ4v) is 0.854. The van der Waals surface area contributed by atoms with Gasteiger partial charge in [0.25, 0.3) is 0 Å². The van der Waals surface area contributed by atoms with Crippen LogP contribution in [0.3, 0.4) is 0 Å². The van der Waals surface area contributed by atoms with Crippen LogP contribution in [-0.2, 0) is 14.3 Å². The molecule has 0 fully saturated rings. The first-order valence-corrected chi connectivity index (χ1v) is 4.30. The fraction of sp³-hybridized carbons (Fsp3) is 0.778. The van der Waals surface area contributed by atoms with E-state index in [2.05, 4.69) is 0 Å². The molecular formula is C9H16O3. The molecule has 0 saturated carbocycles. The normalized spacial score (nSPS) is 12.2. The van der Waals surface area contributed by atoms with Crippen molar-refractivity contribution in [3.8, 4) is 0 Å². The second-order valence-electron chi connectivity index (χ2n) is 2.75. The highest BCUT2D eigenvalue weighted by atomic mass is 16.5. The Morgan fingerprint density at radius 1 is 1.33 bits per heavy atom. The molecule has 0 bridgehead atoms. The molecule has 3 nitrogen and oxygen atoms in total. The number of hydrogen-bond donors (Lipinski definition) is 0. The van der Waals surface area contributed by atoms with Crippen LogP contribution in [0.1, 0.15) is 33.6 Å². The minimum Gasteiger partial charge on any atom is -0.466 e. The van der Waals surface area contributed by atoms with Crippen molar-refractivity contribution in [2.75, 3.05) is 6.61 Å². The van der Waals surface area contributed by atoms with E-state index in [0.717, 1.165) is 0 Å². The summed E-state index contributed by atoms with van der Waals surface area (Å²) in [6, 6.07) is 0. The van der Waals surface area contributed by atoms with E-state index in [9.17, 15) is 9.59 Å². The quantitative estimate of drug-likeness (QED) is 0.591. The average molecular weight is 172 g/mol. The summed E-state index contributed by atoms with van der Waals surface area (Å²) >= 11 is 0. The van der Waals surface area contributed by atoms with Crippen molar-refractivity contribution in [2.45, 2.75) is 33.6 Å². The lowest BCUT2D eigenvalue weighted by molar-refractivity contribution is -0.148. The summed E-state index contributed by atoms with van der Waals surface area (Å²) in [6.45, 7) is 5.64. The Labute approximate surface area is 73.1 Å². The van der Waals surface area contributed by atoms with Gasteiger partial charge in [0.2, 0.25) is 0 Å². The highest BCUT2D eigenvalue weighted by Gasteiger charge is 2.16. The van der Waals surface area contributed by atoms with E-state index in [1.807, 2.05) is 0 Å². The molecule has 0 aromatic heterocycles. The van der Waals surface area contributed by atoms with E-state index in [1.165, 1.54) is 0 Å². The maximum Gasteiger partial charge on any atom is 0.309 e. The molecule has 0 radical (unpaired) electrons. The van der Waals surface area contributed by atoms with Gasteiger partial charge < -0.3 is 4.74 Å². The zero-order chi connectivity index (χ0) is 9.56. The van der Waals surface area contributed by atoms with Crippen LogP contribution >= 0.6 is 0 Å². The maximum atomic E-state index is 11.0. The number of ether oxygens (including phenoxy) is 1. The summed E-state index contributed by atoms with van der Waals surface area (Å²) in [5.41, 5.74) is 0. The summed E-state index contributed by atoms with van der Waals surface area (Å²) in [7, 11) is 0. The van der Waals surface area contributed by atoms with E-state index < -0.39 is 0 Å². The van der Waals surface area contributed by atoms with E-state index in [4.69, 9.17) is 4.74 Å². The standard InChI is InChI=1S/C9H16O3/c1-4-8(10)6-7(3)9(11)12-5-2/h7H,4-6H2,1-3H3. The second kappa shape index (κ2) is 5.75. The molecule has 0 aliphatic heterocycles. The lowest BCUT2D eigenvalue weighted by Crippen LogP contribution is -2.17. The summed E-state index contributed by atoms with van der Waals surface area (Å²) < 4.78 is 4.76. The summed E-state index contributed by atoms with van der Waals surface area (Å²) in [4.78, 5) is 21.9. The maximum absolute atomic E-state index is 11.0. The summed E-state index contributed by atoms with van der Waals surface area (Å²) in [5.74, 6) is -0.466. The minimum absolute atomic E-state index is 0.107. The predicted molar refractivity (Wildman–Crippen MR) is 45.7 cm³/mol. The summed E-state index contributed by atoms with van der Waals surface area (Å²) in [6.07, 6.45) is 0.791. The molecule has 0 rings (SSSR count). The third-order valence-corrected chi connectivity index (χ3v) is 1.62. The molecule has 0 spiro atoms. The van der Waals surface area contributed by atoms with Gasteiger partial charge in [-0.1, -0.05) is 13.8 Å². The Morgan fingerprint density at radius 3 is 2.33 bits per heavy atom. The first-order valence-electron chi connectivity index (χ1n) is 4.30. The zero-order valence-electron chi connectivity index (χ0n) is 7.92. The van der Waals surface area contributed by atoms with Gasteiger partial charge in [-0.3, -0.25) is 9.59 Å². The minimum atomic E-state index is -0.294. The third-order valence-electron chi connectivity index (χ3n) is 1.62. The van der Waals surface area contributed by atoms with Gasteiger partial charge in [0.1, 0.15) is 5.78 Å². The molecule has 0 aromatic carbocycles. The number of carbonyl (C=O) groups is 2. The first-order chi connectivity index (χ1) is 5.61. The molecule has 12 heavy (non-hydrogen) atoms. The Morgan fingerprint density at radius 2 is 1.92 bits per heavy atom. The molecule has 0 saturated heterocycles. The molecule has 70 valence electrons. The number of carbonyl (C=O) groups excluding carboxylic acids is 2. The number of esters is 1. The van der Waals surface area contributed by atoms with Crippen molar-refractivity contribution in [3.63, 3.8) is 0 Å². The summed E-state index contributed by atoms with van der Waals surface area (Å²) in [5, 5.41) is 0. The Kier molecular flexibility index (Phi) is 5.34. The van der Waals surface area contributed by atoms with Crippen molar-refractivity contribution < 1.29 is 14.3 Å². The van der Waals surface area contributed by atoms with E-state index in [-0.39, 0.29) is 17.7 Å². The van der Waals surface area contributed by atoms with Crippen molar-refractivity contribution in [2.24, 2.45) is 5.92 Å². The fourth-order valence-electron chi connectivity index (χ4n) is 0.854. The topological polar surface area (TPSA) is 43.4 Å². The predicted octanol–water partition coefficient (Wildman–Crippen LogP) is 1.55. The average Bonchev–Trinajstić information content (AvgIpc) is 2.04. The molecule has 0 heterocycles. The van der Waals surface area contributed by atoms with Crippen LogP contribution in [0.15, 0.2) is 0 Å². The van der Waals surface area contributed by atoms with E-state index in [1.54, 1.807) is 20.8 Å². The number of Topliss-reactive ketones (excluding diaryl/α,β-unsaturated/α-hetero) is 1. The van der Waals surface area contributed by atoms with Gasteiger partial charge in [-0.05, 0) is 6.92 Å². The molecule has 1 atom stereocenters. The Balaban J connectivity index is 3.78. The van der Waals surface area contributed by atoms with Crippen LogP contribution in [0, 0.1) is 5.92 Å². The van der Waals surface area contributed by atoms with Gasteiger partial charge in [0.15, 0.2) is 0 Å². The Hall–Kier alpha value is -0.860. The second-order valence-corrected chi connectivity index (χ2v) is 2.75. The zero-order valence-corrected chi connectivity index (χ0v) is 7.92. The molecule has 0 aromatic rings. The van der Waals surface area contributed by atoms with Gasteiger partial charge in [-0.25, -0.2) is 0 Å².